The first kappa shape index (κ1) is 17.6. The maximum Gasteiger partial charge on any atom is 0.262 e. The summed E-state index contributed by atoms with van der Waals surface area (Å²) in [5.41, 5.74) is -1.23. The second kappa shape index (κ2) is 6.98. The lowest BCUT2D eigenvalue weighted by Crippen LogP contribution is -2.44. The normalized spacial score (nSPS) is 22.2. The second-order valence-corrected chi connectivity index (χ2v) is 6.34. The van der Waals surface area contributed by atoms with E-state index in [1.165, 1.54) is 19.4 Å². The number of aromatic nitrogens is 1. The van der Waals surface area contributed by atoms with E-state index in [0.717, 1.165) is 0 Å². The lowest BCUT2D eigenvalue weighted by atomic mass is 9.81. The van der Waals surface area contributed by atoms with Crippen LogP contribution in [0, 0.1) is 0 Å². The highest BCUT2D eigenvalue weighted by Crippen LogP contribution is 2.42. The van der Waals surface area contributed by atoms with Gasteiger partial charge in [-0.05, 0) is 36.6 Å². The number of benzene rings is 1. The number of amides is 1. The summed E-state index contributed by atoms with van der Waals surface area (Å²) >= 11 is 6.14. The highest BCUT2D eigenvalue weighted by Gasteiger charge is 2.46. The molecule has 0 fully saturated rings. The molecule has 0 spiro atoms. The number of nitrogens with zero attached hydrogens (tertiary/aromatic N) is 1. The van der Waals surface area contributed by atoms with Crippen LogP contribution < -0.4 is 10.1 Å². The molecule has 1 heterocycles. The second-order valence-electron chi connectivity index (χ2n) is 5.93. The van der Waals surface area contributed by atoms with Gasteiger partial charge in [0.05, 0.1) is 18.9 Å². The van der Waals surface area contributed by atoms with Crippen molar-refractivity contribution in [2.75, 3.05) is 7.11 Å². The monoisotopic (exact) mass is 364 g/mol. The number of aliphatic hydroxyl groups is 1. The third-order valence-corrected chi connectivity index (χ3v) is 4.75. The molecule has 2 aromatic rings. The Kier molecular flexibility index (Phi) is 4.92. The van der Waals surface area contributed by atoms with Gasteiger partial charge in [0.25, 0.3) is 5.91 Å². The number of hydrogen-bond donors (Lipinski definition) is 2. The van der Waals surface area contributed by atoms with E-state index in [9.17, 15) is 9.90 Å². The molecule has 0 saturated carbocycles. The summed E-state index contributed by atoms with van der Waals surface area (Å²) in [7, 11) is 1.53. The van der Waals surface area contributed by atoms with E-state index in [1.807, 2.05) is 0 Å². The maximum absolute atomic E-state index is 15.4. The summed E-state index contributed by atoms with van der Waals surface area (Å²) in [4.78, 5) is 16.6. The summed E-state index contributed by atoms with van der Waals surface area (Å²) in [6.07, 6.45) is 0.652. The van der Waals surface area contributed by atoms with Gasteiger partial charge in [-0.2, -0.15) is 0 Å². The third-order valence-electron chi connectivity index (χ3n) is 4.40. The topological polar surface area (TPSA) is 71.5 Å². The summed E-state index contributed by atoms with van der Waals surface area (Å²) in [5.74, 6) is -0.163. The summed E-state index contributed by atoms with van der Waals surface area (Å²) < 4.78 is 20.5. The number of nitrogens with one attached hydrogen (secondary N) is 1. The molecule has 25 heavy (non-hydrogen) atoms. The minimum absolute atomic E-state index is 0.0888. The third kappa shape index (κ3) is 3.32. The van der Waals surface area contributed by atoms with E-state index in [-0.39, 0.29) is 30.6 Å². The smallest absolute Gasteiger partial charge is 0.262 e. The maximum atomic E-state index is 15.4. The van der Waals surface area contributed by atoms with Gasteiger partial charge in [0.1, 0.15) is 5.75 Å². The van der Waals surface area contributed by atoms with E-state index in [2.05, 4.69) is 10.3 Å². The molecule has 0 saturated heterocycles. The molecule has 2 atom stereocenters. The van der Waals surface area contributed by atoms with Crippen LogP contribution in [-0.2, 0) is 17.0 Å². The molecule has 0 unspecified atom stereocenters. The van der Waals surface area contributed by atoms with Crippen LogP contribution in [0.4, 0.5) is 4.39 Å². The Morgan fingerprint density at radius 3 is 3.04 bits per heavy atom. The SMILES string of the molecule is COc1ccc(CNC(=O)[C@]2(F)CC[C@H](O)c3ncccc32)c(Cl)c1. The van der Waals surface area contributed by atoms with Crippen LogP contribution in [0.1, 0.15) is 35.8 Å². The summed E-state index contributed by atoms with van der Waals surface area (Å²) in [6.45, 7) is 0.0888. The molecular weight excluding hydrogens is 347 g/mol. The van der Waals surface area contributed by atoms with Gasteiger partial charge in [-0.25, -0.2) is 4.39 Å². The van der Waals surface area contributed by atoms with E-state index >= 15 is 4.39 Å². The van der Waals surface area contributed by atoms with E-state index < -0.39 is 17.7 Å². The predicted octanol–water partition coefficient (Wildman–Crippen LogP) is 3.05. The van der Waals surface area contributed by atoms with Crippen LogP contribution in [0.3, 0.4) is 0 Å². The standard InChI is InChI=1S/C18H18ClFN2O3/c1-25-12-5-4-11(14(19)9-12)10-22-17(24)18(20)7-6-15(23)16-13(18)3-2-8-21-16/h2-5,8-9,15,23H,6-7,10H2,1H3,(H,22,24)/t15-,18-/m0/s1. The van der Waals surface area contributed by atoms with Crippen molar-refractivity contribution in [2.24, 2.45) is 0 Å². The number of methoxy groups -OCH3 is 1. The molecule has 1 aliphatic rings. The molecular formula is C18H18ClFN2O3. The Balaban J connectivity index is 1.78. The van der Waals surface area contributed by atoms with Crippen molar-refractivity contribution in [3.63, 3.8) is 0 Å². The average molecular weight is 365 g/mol. The quantitative estimate of drug-likeness (QED) is 0.874. The Morgan fingerprint density at radius 1 is 1.52 bits per heavy atom. The van der Waals surface area contributed by atoms with Crippen LogP contribution in [0.5, 0.6) is 5.75 Å². The number of hydrogen-bond acceptors (Lipinski definition) is 4. The minimum Gasteiger partial charge on any atom is -0.497 e. The zero-order valence-corrected chi connectivity index (χ0v) is 14.4. The Hall–Kier alpha value is -2.18. The number of halogens is 2. The number of ether oxygens (including phenoxy) is 1. The average Bonchev–Trinajstić information content (AvgIpc) is 2.63. The number of pyridine rings is 1. The number of fused-ring (bicyclic) bond motifs is 1. The summed E-state index contributed by atoms with van der Waals surface area (Å²) in [6, 6.07) is 8.11. The first-order valence-electron chi connectivity index (χ1n) is 7.89. The Morgan fingerprint density at radius 2 is 2.32 bits per heavy atom. The number of rotatable bonds is 4. The van der Waals surface area contributed by atoms with Crippen molar-refractivity contribution in [1.82, 2.24) is 10.3 Å². The number of alkyl halides is 1. The van der Waals surface area contributed by atoms with Crippen LogP contribution in [0.2, 0.25) is 5.02 Å². The molecule has 1 amide bonds. The van der Waals surface area contributed by atoms with Crippen molar-refractivity contribution in [3.05, 3.63) is 58.4 Å². The van der Waals surface area contributed by atoms with Gasteiger partial charge in [-0.15, -0.1) is 0 Å². The molecule has 1 aromatic carbocycles. The van der Waals surface area contributed by atoms with Crippen LogP contribution in [-0.4, -0.2) is 23.1 Å². The molecule has 2 N–H and O–H groups in total. The van der Waals surface area contributed by atoms with E-state index in [1.54, 1.807) is 24.3 Å². The highest BCUT2D eigenvalue weighted by atomic mass is 35.5. The molecule has 0 radical (unpaired) electrons. The van der Waals surface area contributed by atoms with Crippen molar-refractivity contribution in [3.8, 4) is 5.75 Å². The van der Waals surface area contributed by atoms with E-state index in [0.29, 0.717) is 16.3 Å². The van der Waals surface area contributed by atoms with Crippen molar-refractivity contribution >= 4 is 17.5 Å². The molecule has 5 nitrogen and oxygen atoms in total. The van der Waals surface area contributed by atoms with Gasteiger partial charge in [-0.3, -0.25) is 9.78 Å². The van der Waals surface area contributed by atoms with Crippen molar-refractivity contribution in [1.29, 1.82) is 0 Å². The molecule has 132 valence electrons. The lowest BCUT2D eigenvalue weighted by molar-refractivity contribution is -0.135. The van der Waals surface area contributed by atoms with Gasteiger partial charge in [-0.1, -0.05) is 23.7 Å². The van der Waals surface area contributed by atoms with Crippen molar-refractivity contribution in [2.45, 2.75) is 31.2 Å². The van der Waals surface area contributed by atoms with Gasteiger partial charge < -0.3 is 15.2 Å². The van der Waals surface area contributed by atoms with Gasteiger partial charge in [0.2, 0.25) is 5.67 Å². The van der Waals surface area contributed by atoms with Crippen molar-refractivity contribution < 1.29 is 19.0 Å². The number of carbonyl (C=O) groups excluding carboxylic acids is 1. The first-order valence-corrected chi connectivity index (χ1v) is 8.26. The van der Waals surface area contributed by atoms with Crippen LogP contribution >= 0.6 is 11.6 Å². The van der Waals surface area contributed by atoms with Gasteiger partial charge in [0.15, 0.2) is 0 Å². The molecule has 0 aliphatic heterocycles. The molecule has 1 aliphatic carbocycles. The molecule has 1 aromatic heterocycles. The molecule has 7 heteroatoms. The first-order chi connectivity index (χ1) is 12.0. The fourth-order valence-electron chi connectivity index (χ4n) is 2.97. The number of aliphatic hydroxyl groups excluding tert-OH is 1. The van der Waals surface area contributed by atoms with Crippen LogP contribution in [0.25, 0.3) is 0 Å². The number of carbonyl (C=O) groups is 1. The largest absolute Gasteiger partial charge is 0.497 e. The zero-order valence-electron chi connectivity index (χ0n) is 13.6. The Labute approximate surface area is 149 Å². The Bertz CT molecular complexity index is 802. The van der Waals surface area contributed by atoms with Crippen LogP contribution in [0.15, 0.2) is 36.5 Å². The minimum atomic E-state index is -2.22. The fraction of sp³-hybridized carbons (Fsp3) is 0.333. The lowest BCUT2D eigenvalue weighted by Gasteiger charge is -2.32. The predicted molar refractivity (Wildman–Crippen MR) is 91.1 cm³/mol. The molecule has 0 bridgehead atoms. The highest BCUT2D eigenvalue weighted by molar-refractivity contribution is 6.31. The molecule has 3 rings (SSSR count). The zero-order chi connectivity index (χ0) is 18.0. The summed E-state index contributed by atoms with van der Waals surface area (Å²) in [5, 5.41) is 13.0. The van der Waals surface area contributed by atoms with E-state index in [4.69, 9.17) is 16.3 Å². The van der Waals surface area contributed by atoms with Gasteiger partial charge >= 0.3 is 0 Å². The van der Waals surface area contributed by atoms with Gasteiger partial charge in [0, 0.05) is 23.3 Å². The fourth-order valence-corrected chi connectivity index (χ4v) is 3.21.